The predicted molar refractivity (Wildman–Crippen MR) is 110 cm³/mol. The molecule has 6 nitrogen and oxygen atoms in total. The smallest absolute Gasteiger partial charge is 0.267 e. The number of methoxy groups -OCH3 is 2. The lowest BCUT2D eigenvalue weighted by atomic mass is 10.1. The van der Waals surface area contributed by atoms with Gasteiger partial charge >= 0.3 is 0 Å². The van der Waals surface area contributed by atoms with Crippen molar-refractivity contribution < 1.29 is 19.0 Å². The van der Waals surface area contributed by atoms with Crippen molar-refractivity contribution in [2.75, 3.05) is 19.5 Å². The van der Waals surface area contributed by atoms with E-state index in [1.165, 1.54) is 11.3 Å². The molecular formula is C21H22N2O4S. The molecule has 1 heterocycles. The number of nitrogens with zero attached hydrogens (tertiary/aromatic N) is 1. The highest BCUT2D eigenvalue weighted by Gasteiger charge is 2.20. The number of para-hydroxylation sites is 1. The van der Waals surface area contributed by atoms with Crippen LogP contribution >= 0.6 is 11.3 Å². The second kappa shape index (κ2) is 9.23. The van der Waals surface area contributed by atoms with Gasteiger partial charge in [-0.25, -0.2) is 4.98 Å². The molecule has 0 radical (unpaired) electrons. The first kappa shape index (κ1) is 19.7. The monoisotopic (exact) mass is 398 g/mol. The molecule has 0 bridgehead atoms. The Morgan fingerprint density at radius 3 is 2.57 bits per heavy atom. The van der Waals surface area contributed by atoms with Crippen LogP contribution in [-0.4, -0.2) is 31.2 Å². The van der Waals surface area contributed by atoms with Gasteiger partial charge in [0.15, 0.2) is 11.2 Å². The van der Waals surface area contributed by atoms with Gasteiger partial charge in [-0.2, -0.15) is 0 Å². The standard InChI is InChI=1S/C21H22N2O4S/c1-4-18(27-14-8-6-5-7-9-14)20(24)23-21-22-17(13-28-21)16-12-15(25-2)10-11-19(16)26-3/h5-13,18H,4H2,1-3H3,(H,22,23,24)/t18-/m0/s1. The average Bonchev–Trinajstić information content (AvgIpc) is 3.20. The fourth-order valence-electron chi connectivity index (χ4n) is 2.64. The van der Waals surface area contributed by atoms with E-state index in [1.54, 1.807) is 14.2 Å². The summed E-state index contributed by atoms with van der Waals surface area (Å²) in [6.07, 6.45) is -0.0519. The summed E-state index contributed by atoms with van der Waals surface area (Å²) in [5, 5.41) is 5.21. The number of carbonyl (C=O) groups excluding carboxylic acids is 1. The number of aromatic nitrogens is 1. The first-order chi connectivity index (χ1) is 13.6. The molecule has 146 valence electrons. The molecule has 0 aliphatic carbocycles. The van der Waals surface area contributed by atoms with Crippen molar-refractivity contribution in [3.63, 3.8) is 0 Å². The van der Waals surface area contributed by atoms with Gasteiger partial charge in [-0.05, 0) is 36.8 Å². The topological polar surface area (TPSA) is 69.7 Å². The number of hydrogen-bond acceptors (Lipinski definition) is 6. The molecule has 0 aliphatic rings. The average molecular weight is 398 g/mol. The van der Waals surface area contributed by atoms with Crippen LogP contribution < -0.4 is 19.5 Å². The van der Waals surface area contributed by atoms with Crippen LogP contribution in [0.3, 0.4) is 0 Å². The lowest BCUT2D eigenvalue weighted by molar-refractivity contribution is -0.122. The van der Waals surface area contributed by atoms with Gasteiger partial charge in [-0.1, -0.05) is 25.1 Å². The van der Waals surface area contributed by atoms with Gasteiger partial charge in [0.05, 0.1) is 19.9 Å². The molecular weight excluding hydrogens is 376 g/mol. The van der Waals surface area contributed by atoms with Gasteiger partial charge in [0.2, 0.25) is 0 Å². The van der Waals surface area contributed by atoms with Crippen LogP contribution in [0.5, 0.6) is 17.2 Å². The summed E-state index contributed by atoms with van der Waals surface area (Å²) in [7, 11) is 3.21. The number of thiazole rings is 1. The number of carbonyl (C=O) groups is 1. The Morgan fingerprint density at radius 1 is 1.11 bits per heavy atom. The Labute approximate surface area is 168 Å². The summed E-state index contributed by atoms with van der Waals surface area (Å²) in [5.74, 6) is 1.81. The van der Waals surface area contributed by atoms with Crippen molar-refractivity contribution in [1.29, 1.82) is 0 Å². The predicted octanol–water partition coefficient (Wildman–Crippen LogP) is 4.62. The normalized spacial score (nSPS) is 11.5. The number of benzene rings is 2. The van der Waals surface area contributed by atoms with Gasteiger partial charge in [-0.3, -0.25) is 10.1 Å². The molecule has 0 aliphatic heterocycles. The molecule has 0 unspecified atom stereocenters. The summed E-state index contributed by atoms with van der Waals surface area (Å²) >= 11 is 1.34. The van der Waals surface area contributed by atoms with E-state index in [1.807, 2.05) is 60.8 Å². The molecule has 2 aromatic carbocycles. The SMILES string of the molecule is CC[C@H](Oc1ccccc1)C(=O)Nc1nc(-c2cc(OC)ccc2OC)cs1. The zero-order valence-electron chi connectivity index (χ0n) is 16.0. The molecule has 1 atom stereocenters. The van der Waals surface area contributed by atoms with E-state index >= 15 is 0 Å². The second-order valence-corrected chi connectivity index (χ2v) is 6.78. The minimum atomic E-state index is -0.596. The molecule has 1 aromatic heterocycles. The minimum absolute atomic E-state index is 0.232. The van der Waals surface area contributed by atoms with Crippen LogP contribution in [0.15, 0.2) is 53.9 Å². The third-order valence-corrected chi connectivity index (χ3v) is 4.86. The van der Waals surface area contributed by atoms with Crippen LogP contribution in [0.4, 0.5) is 5.13 Å². The van der Waals surface area contributed by atoms with E-state index in [0.29, 0.717) is 34.5 Å². The lowest BCUT2D eigenvalue weighted by Gasteiger charge is -2.16. The molecule has 1 amide bonds. The molecule has 7 heteroatoms. The van der Waals surface area contributed by atoms with E-state index in [4.69, 9.17) is 14.2 Å². The lowest BCUT2D eigenvalue weighted by Crippen LogP contribution is -2.32. The van der Waals surface area contributed by atoms with Gasteiger partial charge in [0.25, 0.3) is 5.91 Å². The third-order valence-electron chi connectivity index (χ3n) is 4.10. The van der Waals surface area contributed by atoms with Crippen LogP contribution in [-0.2, 0) is 4.79 Å². The molecule has 3 rings (SSSR count). The largest absolute Gasteiger partial charge is 0.497 e. The maximum Gasteiger partial charge on any atom is 0.267 e. The first-order valence-corrected chi connectivity index (χ1v) is 9.73. The molecule has 0 saturated heterocycles. The number of rotatable bonds is 8. The second-order valence-electron chi connectivity index (χ2n) is 5.92. The van der Waals surface area contributed by atoms with Gasteiger partial charge in [0.1, 0.15) is 17.2 Å². The highest BCUT2D eigenvalue weighted by molar-refractivity contribution is 7.14. The van der Waals surface area contributed by atoms with Crippen molar-refractivity contribution in [2.45, 2.75) is 19.4 Å². The third kappa shape index (κ3) is 4.61. The van der Waals surface area contributed by atoms with Gasteiger partial charge in [-0.15, -0.1) is 11.3 Å². The Bertz CT molecular complexity index is 927. The van der Waals surface area contributed by atoms with Crippen LogP contribution in [0.25, 0.3) is 11.3 Å². The summed E-state index contributed by atoms with van der Waals surface area (Å²) < 4.78 is 16.5. The van der Waals surface area contributed by atoms with E-state index in [-0.39, 0.29) is 5.91 Å². The number of amides is 1. The Hall–Kier alpha value is -3.06. The summed E-state index contributed by atoms with van der Waals surface area (Å²) in [6.45, 7) is 1.90. The first-order valence-electron chi connectivity index (χ1n) is 8.85. The van der Waals surface area contributed by atoms with Gasteiger partial charge < -0.3 is 14.2 Å². The number of ether oxygens (including phenoxy) is 3. The van der Waals surface area contributed by atoms with E-state index < -0.39 is 6.10 Å². The van der Waals surface area contributed by atoms with Crippen molar-refractivity contribution >= 4 is 22.4 Å². The van der Waals surface area contributed by atoms with Crippen molar-refractivity contribution in [2.24, 2.45) is 0 Å². The molecule has 0 saturated carbocycles. The number of hydrogen-bond donors (Lipinski definition) is 1. The van der Waals surface area contributed by atoms with E-state index in [0.717, 1.165) is 5.56 Å². The summed E-state index contributed by atoms with van der Waals surface area (Å²) in [5.41, 5.74) is 1.50. The van der Waals surface area contributed by atoms with Crippen LogP contribution in [0, 0.1) is 0 Å². The Balaban J connectivity index is 1.74. The molecule has 0 spiro atoms. The van der Waals surface area contributed by atoms with Crippen molar-refractivity contribution in [3.05, 3.63) is 53.9 Å². The fraction of sp³-hybridized carbons (Fsp3) is 0.238. The van der Waals surface area contributed by atoms with Crippen LogP contribution in [0.1, 0.15) is 13.3 Å². The van der Waals surface area contributed by atoms with Crippen LogP contribution in [0.2, 0.25) is 0 Å². The molecule has 28 heavy (non-hydrogen) atoms. The highest BCUT2D eigenvalue weighted by atomic mass is 32.1. The summed E-state index contributed by atoms with van der Waals surface area (Å²) in [4.78, 5) is 17.1. The van der Waals surface area contributed by atoms with Gasteiger partial charge in [0, 0.05) is 10.9 Å². The minimum Gasteiger partial charge on any atom is -0.497 e. The Morgan fingerprint density at radius 2 is 1.89 bits per heavy atom. The number of nitrogens with one attached hydrogen (secondary N) is 1. The van der Waals surface area contributed by atoms with Crippen molar-refractivity contribution in [3.8, 4) is 28.5 Å². The van der Waals surface area contributed by atoms with E-state index in [9.17, 15) is 4.79 Å². The molecule has 1 N–H and O–H groups in total. The summed E-state index contributed by atoms with van der Waals surface area (Å²) in [6, 6.07) is 14.8. The quantitative estimate of drug-likeness (QED) is 0.599. The zero-order valence-corrected chi connectivity index (χ0v) is 16.8. The molecule has 3 aromatic rings. The zero-order chi connectivity index (χ0) is 19.9. The highest BCUT2D eigenvalue weighted by Crippen LogP contribution is 2.35. The fourth-order valence-corrected chi connectivity index (χ4v) is 3.35. The van der Waals surface area contributed by atoms with E-state index in [2.05, 4.69) is 10.3 Å². The maximum atomic E-state index is 12.6. The van der Waals surface area contributed by atoms with Crippen molar-refractivity contribution in [1.82, 2.24) is 4.98 Å². The molecule has 0 fully saturated rings. The maximum absolute atomic E-state index is 12.6. The Kier molecular flexibility index (Phi) is 6.49. The number of anilines is 1.